The highest BCUT2D eigenvalue weighted by atomic mass is 19.1. The number of rotatable bonds is 3. The van der Waals surface area contributed by atoms with E-state index in [4.69, 9.17) is 10.5 Å². The van der Waals surface area contributed by atoms with Crippen LogP contribution < -0.4 is 11.1 Å². The van der Waals surface area contributed by atoms with Gasteiger partial charge in [0.05, 0.1) is 12.1 Å². The zero-order valence-electron chi connectivity index (χ0n) is 9.58. The summed E-state index contributed by atoms with van der Waals surface area (Å²) in [6.45, 7) is 1.18. The Labute approximate surface area is 99.6 Å². The van der Waals surface area contributed by atoms with E-state index in [2.05, 4.69) is 5.32 Å². The average Bonchev–Trinajstić information content (AvgIpc) is 2.29. The summed E-state index contributed by atoms with van der Waals surface area (Å²) in [5.74, 6) is -0.382. The van der Waals surface area contributed by atoms with Crippen LogP contribution in [0.4, 0.5) is 15.8 Å². The van der Waals surface area contributed by atoms with Crippen LogP contribution in [-0.2, 0) is 4.74 Å². The average molecular weight is 240 g/mol. The van der Waals surface area contributed by atoms with Gasteiger partial charge in [0.2, 0.25) is 0 Å². The fourth-order valence-corrected chi connectivity index (χ4v) is 2.08. The van der Waals surface area contributed by atoms with Crippen molar-refractivity contribution in [3.05, 3.63) is 24.0 Å². The Kier molecular flexibility index (Phi) is 3.49. The lowest BCUT2D eigenvalue weighted by atomic mass is 9.90. The zero-order valence-corrected chi connectivity index (χ0v) is 9.58. The van der Waals surface area contributed by atoms with Crippen LogP contribution in [0.3, 0.4) is 0 Å². The van der Waals surface area contributed by atoms with Gasteiger partial charge < -0.3 is 20.9 Å². The number of ether oxygens (including phenoxy) is 1. The first kappa shape index (κ1) is 12.1. The molecule has 2 rings (SSSR count). The van der Waals surface area contributed by atoms with Crippen molar-refractivity contribution in [3.8, 4) is 0 Å². The lowest BCUT2D eigenvalue weighted by Gasteiger charge is -2.37. The number of anilines is 2. The summed E-state index contributed by atoms with van der Waals surface area (Å²) in [5, 5.41) is 12.7. The quantitative estimate of drug-likeness (QED) is 0.698. The summed E-state index contributed by atoms with van der Waals surface area (Å²) in [4.78, 5) is 0. The van der Waals surface area contributed by atoms with Gasteiger partial charge in [0.1, 0.15) is 5.82 Å². The Morgan fingerprint density at radius 2 is 2.06 bits per heavy atom. The predicted octanol–water partition coefficient (Wildman–Crippen LogP) is 1.36. The van der Waals surface area contributed by atoms with Crippen LogP contribution in [0.5, 0.6) is 0 Å². The molecular weight excluding hydrogens is 223 g/mol. The molecule has 5 heteroatoms. The monoisotopic (exact) mass is 240 g/mol. The smallest absolute Gasteiger partial charge is 0.127 e. The summed E-state index contributed by atoms with van der Waals surface area (Å²) in [5.41, 5.74) is 6.11. The molecule has 0 atom stereocenters. The van der Waals surface area contributed by atoms with Crippen molar-refractivity contribution in [3.63, 3.8) is 0 Å². The van der Waals surface area contributed by atoms with Crippen molar-refractivity contribution in [1.82, 2.24) is 0 Å². The Bertz CT molecular complexity index is 372. The number of nitrogens with one attached hydrogen (secondary N) is 1. The number of hydrogen-bond donors (Lipinski definition) is 3. The van der Waals surface area contributed by atoms with Crippen molar-refractivity contribution in [2.24, 2.45) is 0 Å². The summed E-state index contributed by atoms with van der Waals surface area (Å²) < 4.78 is 18.5. The number of hydrogen-bond acceptors (Lipinski definition) is 4. The second-order valence-electron chi connectivity index (χ2n) is 4.45. The third kappa shape index (κ3) is 2.87. The van der Waals surface area contributed by atoms with Gasteiger partial charge >= 0.3 is 0 Å². The van der Waals surface area contributed by atoms with Crippen LogP contribution in [0.2, 0.25) is 0 Å². The number of aliphatic hydroxyl groups is 1. The number of nitrogens with two attached hydrogens (primary N) is 1. The molecule has 1 aliphatic heterocycles. The van der Waals surface area contributed by atoms with Gasteiger partial charge in [0.15, 0.2) is 0 Å². The topological polar surface area (TPSA) is 67.5 Å². The maximum Gasteiger partial charge on any atom is 0.127 e. The number of aliphatic hydroxyl groups excluding tert-OH is 1. The van der Waals surface area contributed by atoms with Crippen molar-refractivity contribution < 1.29 is 14.2 Å². The van der Waals surface area contributed by atoms with Gasteiger partial charge in [-0.2, -0.15) is 0 Å². The molecule has 1 heterocycles. The van der Waals surface area contributed by atoms with E-state index >= 15 is 0 Å². The molecule has 0 bridgehead atoms. The van der Waals surface area contributed by atoms with Crippen LogP contribution in [0.25, 0.3) is 0 Å². The van der Waals surface area contributed by atoms with Crippen LogP contribution in [0.15, 0.2) is 18.2 Å². The highest BCUT2D eigenvalue weighted by molar-refractivity contribution is 5.56. The molecule has 4 nitrogen and oxygen atoms in total. The van der Waals surface area contributed by atoms with Crippen molar-refractivity contribution in [1.29, 1.82) is 0 Å². The Morgan fingerprint density at radius 3 is 2.65 bits per heavy atom. The maximum atomic E-state index is 13.2. The van der Waals surface area contributed by atoms with E-state index in [0.717, 1.165) is 0 Å². The van der Waals surface area contributed by atoms with E-state index in [1.165, 1.54) is 12.1 Å². The van der Waals surface area contributed by atoms with E-state index in [9.17, 15) is 9.50 Å². The maximum absolute atomic E-state index is 13.2. The van der Waals surface area contributed by atoms with Crippen LogP contribution >= 0.6 is 0 Å². The molecule has 94 valence electrons. The highest BCUT2D eigenvalue weighted by Gasteiger charge is 2.31. The minimum Gasteiger partial charge on any atom is -0.399 e. The summed E-state index contributed by atoms with van der Waals surface area (Å²) in [6, 6.07) is 4.31. The largest absolute Gasteiger partial charge is 0.399 e. The molecule has 0 saturated carbocycles. The first-order valence-corrected chi connectivity index (χ1v) is 5.66. The molecule has 17 heavy (non-hydrogen) atoms. The van der Waals surface area contributed by atoms with E-state index in [0.29, 0.717) is 37.4 Å². The highest BCUT2D eigenvalue weighted by Crippen LogP contribution is 2.27. The molecule has 0 amide bonds. The lowest BCUT2D eigenvalue weighted by Crippen LogP contribution is -2.46. The molecule has 1 saturated heterocycles. The van der Waals surface area contributed by atoms with Gasteiger partial charge in [-0.15, -0.1) is 0 Å². The van der Waals surface area contributed by atoms with Gasteiger partial charge in [-0.1, -0.05) is 0 Å². The zero-order chi connectivity index (χ0) is 12.3. The molecule has 1 aromatic rings. The third-order valence-electron chi connectivity index (χ3n) is 3.08. The molecular formula is C12H17FN2O2. The molecule has 0 aliphatic carbocycles. The number of nitrogen functional groups attached to an aromatic ring is 1. The number of benzene rings is 1. The third-order valence-corrected chi connectivity index (χ3v) is 3.08. The summed E-state index contributed by atoms with van der Waals surface area (Å²) in [6.07, 6.45) is 1.39. The van der Waals surface area contributed by atoms with Gasteiger partial charge in [0, 0.05) is 24.6 Å². The van der Waals surface area contributed by atoms with E-state index in [-0.39, 0.29) is 12.4 Å². The summed E-state index contributed by atoms with van der Waals surface area (Å²) >= 11 is 0. The first-order valence-electron chi connectivity index (χ1n) is 5.66. The van der Waals surface area contributed by atoms with Crippen molar-refractivity contribution >= 4 is 11.4 Å². The SMILES string of the molecule is Nc1cc(F)cc(NC2(CO)CCOCC2)c1. The molecule has 1 aromatic carbocycles. The van der Waals surface area contributed by atoms with Crippen LogP contribution in [0, 0.1) is 5.82 Å². The number of halogens is 1. The van der Waals surface area contributed by atoms with E-state index in [1.54, 1.807) is 6.07 Å². The van der Waals surface area contributed by atoms with Crippen molar-refractivity contribution in [2.45, 2.75) is 18.4 Å². The Balaban J connectivity index is 2.17. The fourth-order valence-electron chi connectivity index (χ4n) is 2.08. The molecule has 0 unspecified atom stereocenters. The molecule has 0 radical (unpaired) electrons. The second-order valence-corrected chi connectivity index (χ2v) is 4.45. The Hall–Kier alpha value is -1.33. The summed E-state index contributed by atoms with van der Waals surface area (Å²) in [7, 11) is 0. The van der Waals surface area contributed by atoms with Gasteiger partial charge in [-0.3, -0.25) is 0 Å². The van der Waals surface area contributed by atoms with Crippen LogP contribution in [-0.4, -0.2) is 30.5 Å². The molecule has 1 fully saturated rings. The molecule has 4 N–H and O–H groups in total. The first-order chi connectivity index (χ1) is 8.13. The Morgan fingerprint density at radius 1 is 1.35 bits per heavy atom. The standard InChI is InChI=1S/C12H17FN2O2/c13-9-5-10(14)7-11(6-9)15-12(8-16)1-3-17-4-2-12/h5-7,15-16H,1-4,8,14H2. The minimum absolute atomic E-state index is 0.00716. The normalized spacial score (nSPS) is 18.9. The molecule has 1 aliphatic rings. The fraction of sp³-hybridized carbons (Fsp3) is 0.500. The van der Waals surface area contributed by atoms with Gasteiger partial charge in [-0.05, 0) is 31.0 Å². The van der Waals surface area contributed by atoms with Crippen LogP contribution in [0.1, 0.15) is 12.8 Å². The van der Waals surface area contributed by atoms with E-state index < -0.39 is 5.54 Å². The van der Waals surface area contributed by atoms with Crippen molar-refractivity contribution in [2.75, 3.05) is 30.9 Å². The predicted molar refractivity (Wildman–Crippen MR) is 64.3 cm³/mol. The van der Waals surface area contributed by atoms with Gasteiger partial charge in [-0.25, -0.2) is 4.39 Å². The second kappa shape index (κ2) is 4.89. The van der Waals surface area contributed by atoms with E-state index in [1.807, 2.05) is 0 Å². The molecule has 0 spiro atoms. The van der Waals surface area contributed by atoms with Gasteiger partial charge in [0.25, 0.3) is 0 Å². The lowest BCUT2D eigenvalue weighted by molar-refractivity contribution is 0.0380. The minimum atomic E-state index is -0.432. The molecule has 0 aromatic heterocycles.